The second-order valence-electron chi connectivity index (χ2n) is 3.72. The van der Waals surface area contributed by atoms with Crippen molar-refractivity contribution >= 4 is 11.7 Å². The molecule has 0 N–H and O–H groups in total. The first kappa shape index (κ1) is 12.7. The lowest BCUT2D eigenvalue weighted by Crippen LogP contribution is -2.07. The van der Waals surface area contributed by atoms with Crippen LogP contribution < -0.4 is 0 Å². The minimum atomic E-state index is -0.549. The van der Waals surface area contributed by atoms with E-state index in [1.807, 2.05) is 0 Å². The van der Waals surface area contributed by atoms with Crippen LogP contribution in [-0.4, -0.2) is 32.8 Å². The first-order valence-electron chi connectivity index (χ1n) is 5.27. The van der Waals surface area contributed by atoms with E-state index in [9.17, 15) is 14.9 Å². The van der Waals surface area contributed by atoms with E-state index >= 15 is 0 Å². The maximum absolute atomic E-state index is 11.5. The lowest BCUT2D eigenvalue weighted by atomic mass is 10.2. The van der Waals surface area contributed by atoms with E-state index in [0.717, 1.165) is 6.20 Å². The zero-order valence-electron chi connectivity index (χ0n) is 10.2. The molecular formula is C11H10N4O4. The zero-order valence-corrected chi connectivity index (χ0v) is 10.2. The number of carbonyl (C=O) groups is 1. The number of methoxy groups -OCH3 is 1. The summed E-state index contributed by atoms with van der Waals surface area (Å²) in [7, 11) is 1.27. The van der Waals surface area contributed by atoms with Crippen molar-refractivity contribution in [3.05, 3.63) is 46.0 Å². The van der Waals surface area contributed by atoms with Crippen molar-refractivity contribution in [3.8, 4) is 5.69 Å². The van der Waals surface area contributed by atoms with Gasteiger partial charge < -0.3 is 4.74 Å². The molecule has 2 aromatic heterocycles. The molecule has 2 heterocycles. The molecule has 2 rings (SSSR count). The van der Waals surface area contributed by atoms with Crippen molar-refractivity contribution in [2.75, 3.05) is 7.11 Å². The van der Waals surface area contributed by atoms with Crippen molar-refractivity contribution in [2.24, 2.45) is 0 Å². The maximum Gasteiger partial charge on any atom is 0.339 e. The van der Waals surface area contributed by atoms with Crippen molar-refractivity contribution in [2.45, 2.75) is 6.92 Å². The van der Waals surface area contributed by atoms with Crippen LogP contribution in [0, 0.1) is 17.0 Å². The number of nitro groups is 1. The van der Waals surface area contributed by atoms with E-state index in [4.69, 9.17) is 0 Å². The number of pyridine rings is 1. The number of rotatable bonds is 3. The maximum atomic E-state index is 11.5. The Hall–Kier alpha value is -2.77. The third kappa shape index (κ3) is 2.41. The molecule has 0 radical (unpaired) electrons. The highest BCUT2D eigenvalue weighted by molar-refractivity contribution is 5.91. The van der Waals surface area contributed by atoms with E-state index in [2.05, 4.69) is 14.8 Å². The lowest BCUT2D eigenvalue weighted by molar-refractivity contribution is -0.384. The fourth-order valence-electron chi connectivity index (χ4n) is 1.51. The van der Waals surface area contributed by atoms with Gasteiger partial charge in [-0.05, 0) is 13.0 Å². The van der Waals surface area contributed by atoms with E-state index in [1.54, 1.807) is 6.92 Å². The summed E-state index contributed by atoms with van der Waals surface area (Å²) in [6, 6.07) is 1.52. The van der Waals surface area contributed by atoms with Gasteiger partial charge in [0.1, 0.15) is 12.4 Å². The molecule has 8 heteroatoms. The number of esters is 1. The minimum absolute atomic E-state index is 0.139. The standard InChI is InChI=1S/C11H10N4O4/c1-7-10(11(16)19-2)3-8(4-12-7)14-6-9(5-13-14)15(17)18/h3-6H,1-2H3. The Morgan fingerprint density at radius 2 is 2.21 bits per heavy atom. The van der Waals surface area contributed by atoms with Gasteiger partial charge in [0.2, 0.25) is 0 Å². The first-order valence-corrected chi connectivity index (χ1v) is 5.27. The Kier molecular flexibility index (Phi) is 3.23. The fraction of sp³-hybridized carbons (Fsp3) is 0.182. The van der Waals surface area contributed by atoms with Gasteiger partial charge in [0.15, 0.2) is 0 Å². The third-order valence-corrected chi connectivity index (χ3v) is 2.52. The number of hydrogen-bond acceptors (Lipinski definition) is 6. The van der Waals surface area contributed by atoms with Gasteiger partial charge in [-0.3, -0.25) is 15.1 Å². The van der Waals surface area contributed by atoms with Crippen molar-refractivity contribution in [1.82, 2.24) is 14.8 Å². The minimum Gasteiger partial charge on any atom is -0.465 e. The SMILES string of the molecule is COC(=O)c1cc(-n2cc([N+](=O)[O-])cn2)cnc1C. The van der Waals surface area contributed by atoms with E-state index < -0.39 is 10.9 Å². The Bertz CT molecular complexity index is 650. The van der Waals surface area contributed by atoms with Gasteiger partial charge in [-0.2, -0.15) is 5.10 Å². The van der Waals surface area contributed by atoms with Gasteiger partial charge >= 0.3 is 11.7 Å². The van der Waals surface area contributed by atoms with Crippen LogP contribution >= 0.6 is 0 Å². The lowest BCUT2D eigenvalue weighted by Gasteiger charge is -2.06. The van der Waals surface area contributed by atoms with Crippen molar-refractivity contribution in [3.63, 3.8) is 0 Å². The second-order valence-corrected chi connectivity index (χ2v) is 3.72. The molecule has 0 atom stereocenters. The van der Waals surface area contributed by atoms with Gasteiger partial charge in [0, 0.05) is 0 Å². The molecule has 2 aromatic rings. The number of carbonyl (C=O) groups excluding carboxylic acids is 1. The molecule has 0 aromatic carbocycles. The number of aryl methyl sites for hydroxylation is 1. The second kappa shape index (κ2) is 4.84. The van der Waals surface area contributed by atoms with Gasteiger partial charge in [-0.25, -0.2) is 9.48 Å². The molecule has 0 saturated heterocycles. The summed E-state index contributed by atoms with van der Waals surface area (Å²) in [4.78, 5) is 25.6. The first-order chi connectivity index (χ1) is 9.02. The van der Waals surface area contributed by atoms with Gasteiger partial charge in [0.05, 0.1) is 35.2 Å². The molecular weight excluding hydrogens is 252 g/mol. The van der Waals surface area contributed by atoms with Crippen LogP contribution in [0.2, 0.25) is 0 Å². The van der Waals surface area contributed by atoms with E-state index in [-0.39, 0.29) is 11.3 Å². The normalized spacial score (nSPS) is 10.2. The summed E-state index contributed by atoms with van der Waals surface area (Å²) >= 11 is 0. The molecule has 19 heavy (non-hydrogen) atoms. The molecule has 0 unspecified atom stereocenters. The van der Waals surface area contributed by atoms with Crippen LogP contribution in [0.4, 0.5) is 5.69 Å². The number of aromatic nitrogens is 3. The number of ether oxygens (including phenoxy) is 1. The van der Waals surface area contributed by atoms with Gasteiger partial charge in [-0.15, -0.1) is 0 Å². The monoisotopic (exact) mass is 262 g/mol. The number of hydrogen-bond donors (Lipinski definition) is 0. The zero-order chi connectivity index (χ0) is 14.0. The highest BCUT2D eigenvalue weighted by Crippen LogP contribution is 2.16. The smallest absolute Gasteiger partial charge is 0.339 e. The molecule has 0 aliphatic carbocycles. The summed E-state index contributed by atoms with van der Waals surface area (Å²) in [5, 5.41) is 14.4. The molecule has 98 valence electrons. The predicted molar refractivity (Wildman–Crippen MR) is 64.1 cm³/mol. The Balaban J connectivity index is 2.45. The van der Waals surface area contributed by atoms with Crippen molar-refractivity contribution in [1.29, 1.82) is 0 Å². The van der Waals surface area contributed by atoms with Crippen LogP contribution in [0.25, 0.3) is 5.69 Å². The molecule has 0 bridgehead atoms. The Labute approximate surface area is 107 Å². The van der Waals surface area contributed by atoms with Crippen molar-refractivity contribution < 1.29 is 14.5 Å². The van der Waals surface area contributed by atoms with Crippen LogP contribution in [0.1, 0.15) is 16.1 Å². The molecule has 0 saturated carbocycles. The molecule has 8 nitrogen and oxygen atoms in total. The molecule has 0 aliphatic heterocycles. The highest BCUT2D eigenvalue weighted by atomic mass is 16.6. The quantitative estimate of drug-likeness (QED) is 0.469. The molecule has 0 aliphatic rings. The summed E-state index contributed by atoms with van der Waals surface area (Å²) in [6.45, 7) is 1.67. The summed E-state index contributed by atoms with van der Waals surface area (Å²) in [6.07, 6.45) is 3.84. The molecule has 0 spiro atoms. The van der Waals surface area contributed by atoms with Gasteiger partial charge in [0.25, 0.3) is 0 Å². The van der Waals surface area contributed by atoms with E-state index in [1.165, 1.54) is 30.3 Å². The van der Waals surface area contributed by atoms with Crippen LogP contribution in [-0.2, 0) is 4.74 Å². The Morgan fingerprint density at radius 3 is 2.79 bits per heavy atom. The summed E-state index contributed by atoms with van der Waals surface area (Å²) < 4.78 is 5.91. The molecule has 0 fully saturated rings. The fourth-order valence-corrected chi connectivity index (χ4v) is 1.51. The Morgan fingerprint density at radius 1 is 1.47 bits per heavy atom. The average Bonchev–Trinajstić information content (AvgIpc) is 2.88. The van der Waals surface area contributed by atoms with Crippen LogP contribution in [0.3, 0.4) is 0 Å². The largest absolute Gasteiger partial charge is 0.465 e. The highest BCUT2D eigenvalue weighted by Gasteiger charge is 2.14. The predicted octanol–water partition coefficient (Wildman–Crippen LogP) is 1.27. The molecule has 0 amide bonds. The van der Waals surface area contributed by atoms with E-state index in [0.29, 0.717) is 11.4 Å². The van der Waals surface area contributed by atoms with Gasteiger partial charge in [-0.1, -0.05) is 0 Å². The third-order valence-electron chi connectivity index (χ3n) is 2.52. The topological polar surface area (TPSA) is 100 Å². The van der Waals surface area contributed by atoms with Crippen LogP contribution in [0.5, 0.6) is 0 Å². The summed E-state index contributed by atoms with van der Waals surface area (Å²) in [5.41, 5.74) is 1.11. The summed E-state index contributed by atoms with van der Waals surface area (Å²) in [5.74, 6) is -0.520. The number of nitrogens with zero attached hydrogens (tertiary/aromatic N) is 4. The average molecular weight is 262 g/mol. The van der Waals surface area contributed by atoms with Crippen LogP contribution in [0.15, 0.2) is 24.7 Å².